The highest BCUT2D eigenvalue weighted by atomic mass is 19.1. The molecule has 0 radical (unpaired) electrons. The molecule has 2 aliphatic heterocycles. The third kappa shape index (κ3) is 4.34. The van der Waals surface area contributed by atoms with Crippen molar-refractivity contribution in [3.8, 4) is 17.2 Å². The number of morpholine rings is 1. The predicted octanol–water partition coefficient (Wildman–Crippen LogP) is 3.08. The zero-order valence-corrected chi connectivity index (χ0v) is 22.0. The van der Waals surface area contributed by atoms with Gasteiger partial charge in [-0.2, -0.15) is 10.1 Å². The SMILES string of the molecule is Cc1nn(C2CCNCC2)c(C)c1-c1cc(N2CCOC[C@H]2C)nc(-n2c(CO)nc3cc(F)ccc32)n1. The first-order chi connectivity index (χ1) is 18.4. The lowest BCUT2D eigenvalue weighted by Crippen LogP contribution is -2.44. The van der Waals surface area contributed by atoms with Gasteiger partial charge in [-0.25, -0.2) is 14.4 Å². The monoisotopic (exact) mass is 520 g/mol. The number of imidazole rings is 1. The molecule has 0 aliphatic carbocycles. The summed E-state index contributed by atoms with van der Waals surface area (Å²) in [5.41, 5.74) is 4.79. The highest BCUT2D eigenvalue weighted by molar-refractivity contribution is 5.78. The van der Waals surface area contributed by atoms with Crippen molar-refractivity contribution in [3.63, 3.8) is 0 Å². The largest absolute Gasteiger partial charge is 0.388 e. The third-order valence-electron chi connectivity index (χ3n) is 7.63. The lowest BCUT2D eigenvalue weighted by Gasteiger charge is -2.34. The average molecular weight is 521 g/mol. The molecular formula is C27H33FN8O2. The quantitative estimate of drug-likeness (QED) is 0.414. The number of halogens is 1. The minimum Gasteiger partial charge on any atom is -0.388 e. The molecule has 200 valence electrons. The summed E-state index contributed by atoms with van der Waals surface area (Å²) in [6, 6.07) is 6.88. The van der Waals surface area contributed by atoms with Crippen LogP contribution in [0.5, 0.6) is 0 Å². The standard InChI is InChI=1S/C27H33FN8O2/c1-16-15-38-11-10-34(16)24-13-22(26-17(2)33-36(18(26)3)20-6-8-29-9-7-20)31-27(32-24)35-23-5-4-19(28)12-21(23)30-25(35)14-37/h4-5,12-13,16,20,29,37H,6-11,14-15H2,1-3H3/t16-/m1/s1. The van der Waals surface area contributed by atoms with Gasteiger partial charge in [-0.05, 0) is 58.8 Å². The Bertz CT molecular complexity index is 1480. The summed E-state index contributed by atoms with van der Waals surface area (Å²) in [7, 11) is 0. The van der Waals surface area contributed by atoms with Gasteiger partial charge < -0.3 is 20.1 Å². The smallest absolute Gasteiger partial charge is 0.238 e. The van der Waals surface area contributed by atoms with Gasteiger partial charge in [0.25, 0.3) is 0 Å². The van der Waals surface area contributed by atoms with Gasteiger partial charge in [0.2, 0.25) is 5.95 Å². The summed E-state index contributed by atoms with van der Waals surface area (Å²) < 4.78 is 23.5. The fourth-order valence-electron chi connectivity index (χ4n) is 5.74. The van der Waals surface area contributed by atoms with Crippen LogP contribution >= 0.6 is 0 Å². The van der Waals surface area contributed by atoms with E-state index in [-0.39, 0.29) is 18.5 Å². The maximum atomic E-state index is 14.0. The Morgan fingerprint density at radius 2 is 1.95 bits per heavy atom. The first kappa shape index (κ1) is 24.9. The van der Waals surface area contributed by atoms with Crippen LogP contribution in [0.15, 0.2) is 24.3 Å². The van der Waals surface area contributed by atoms with E-state index in [1.54, 1.807) is 10.6 Å². The maximum absolute atomic E-state index is 14.0. The zero-order chi connectivity index (χ0) is 26.4. The van der Waals surface area contributed by atoms with Gasteiger partial charge >= 0.3 is 0 Å². The molecular weight excluding hydrogens is 487 g/mol. The van der Waals surface area contributed by atoms with Crippen molar-refractivity contribution in [2.75, 3.05) is 37.7 Å². The third-order valence-corrected chi connectivity index (χ3v) is 7.63. The van der Waals surface area contributed by atoms with Crippen molar-refractivity contribution in [1.82, 2.24) is 34.6 Å². The number of hydrogen-bond donors (Lipinski definition) is 2. The molecule has 6 rings (SSSR count). The topological polar surface area (TPSA) is 106 Å². The maximum Gasteiger partial charge on any atom is 0.238 e. The van der Waals surface area contributed by atoms with Crippen LogP contribution in [0.2, 0.25) is 0 Å². The Balaban J connectivity index is 1.55. The Kier molecular flexibility index (Phi) is 6.58. The Labute approximate surface area is 220 Å². The highest BCUT2D eigenvalue weighted by Crippen LogP contribution is 2.33. The van der Waals surface area contributed by atoms with E-state index in [1.165, 1.54) is 12.1 Å². The van der Waals surface area contributed by atoms with Crippen LogP contribution in [0.4, 0.5) is 10.2 Å². The number of fused-ring (bicyclic) bond motifs is 1. The Hall–Kier alpha value is -3.41. The number of aliphatic hydroxyl groups is 1. The molecule has 0 amide bonds. The molecule has 1 atom stereocenters. The van der Waals surface area contributed by atoms with Crippen LogP contribution in [0, 0.1) is 19.7 Å². The van der Waals surface area contributed by atoms with Crippen molar-refractivity contribution < 1.29 is 14.2 Å². The minimum absolute atomic E-state index is 0.130. The van der Waals surface area contributed by atoms with E-state index in [1.807, 2.05) is 13.0 Å². The molecule has 3 aromatic heterocycles. The number of hydrogen-bond acceptors (Lipinski definition) is 8. The van der Waals surface area contributed by atoms with Gasteiger partial charge in [0, 0.05) is 29.9 Å². The van der Waals surface area contributed by atoms with Crippen LogP contribution in [0.3, 0.4) is 0 Å². The summed E-state index contributed by atoms with van der Waals surface area (Å²) >= 11 is 0. The van der Waals surface area contributed by atoms with Gasteiger partial charge in [0.1, 0.15) is 24.1 Å². The fraction of sp³-hybridized carbons (Fsp3) is 0.481. The molecule has 2 aliphatic rings. The van der Waals surface area contributed by atoms with E-state index < -0.39 is 0 Å². The van der Waals surface area contributed by atoms with E-state index in [9.17, 15) is 9.50 Å². The number of anilines is 1. The fourth-order valence-corrected chi connectivity index (χ4v) is 5.74. The van der Waals surface area contributed by atoms with E-state index >= 15 is 0 Å². The lowest BCUT2D eigenvalue weighted by atomic mass is 10.1. The minimum atomic E-state index is -0.388. The number of benzene rings is 1. The lowest BCUT2D eigenvalue weighted by molar-refractivity contribution is 0.0985. The van der Waals surface area contributed by atoms with Crippen LogP contribution < -0.4 is 10.2 Å². The molecule has 11 heteroatoms. The van der Waals surface area contributed by atoms with Crippen LogP contribution in [-0.4, -0.2) is 73.3 Å². The molecule has 0 spiro atoms. The molecule has 10 nitrogen and oxygen atoms in total. The summed E-state index contributed by atoms with van der Waals surface area (Å²) in [6.45, 7) is 9.78. The number of piperidine rings is 1. The number of aromatic nitrogens is 6. The molecule has 2 N–H and O–H groups in total. The number of ether oxygens (including phenoxy) is 1. The summed E-state index contributed by atoms with van der Waals surface area (Å²) in [6.07, 6.45) is 2.06. The molecule has 5 heterocycles. The molecule has 0 unspecified atom stereocenters. The number of aliphatic hydroxyl groups excluding tert-OH is 1. The number of nitrogens with one attached hydrogen (secondary N) is 1. The van der Waals surface area contributed by atoms with Gasteiger partial charge in [0.15, 0.2) is 0 Å². The molecule has 0 bridgehead atoms. The Morgan fingerprint density at radius 1 is 1.13 bits per heavy atom. The van der Waals surface area contributed by atoms with Crippen molar-refractivity contribution in [2.45, 2.75) is 52.3 Å². The second-order valence-corrected chi connectivity index (χ2v) is 10.2. The molecule has 4 aromatic rings. The molecule has 38 heavy (non-hydrogen) atoms. The van der Waals surface area contributed by atoms with Crippen molar-refractivity contribution in [1.29, 1.82) is 0 Å². The second-order valence-electron chi connectivity index (χ2n) is 10.2. The predicted molar refractivity (Wildman–Crippen MR) is 142 cm³/mol. The van der Waals surface area contributed by atoms with Gasteiger partial charge in [0.05, 0.1) is 47.7 Å². The second kappa shape index (κ2) is 10.0. The van der Waals surface area contributed by atoms with E-state index in [2.05, 4.69) is 33.7 Å². The van der Waals surface area contributed by atoms with E-state index in [0.29, 0.717) is 48.6 Å². The van der Waals surface area contributed by atoms with Crippen molar-refractivity contribution in [2.24, 2.45) is 0 Å². The van der Waals surface area contributed by atoms with Crippen molar-refractivity contribution in [3.05, 3.63) is 47.3 Å². The summed E-state index contributed by atoms with van der Waals surface area (Å²) in [5, 5.41) is 18.5. The number of rotatable bonds is 5. The molecule has 2 saturated heterocycles. The highest BCUT2D eigenvalue weighted by Gasteiger charge is 2.27. The molecule has 2 fully saturated rings. The number of aryl methyl sites for hydroxylation is 1. The van der Waals surface area contributed by atoms with Gasteiger partial charge in [-0.15, -0.1) is 0 Å². The molecule has 0 saturated carbocycles. The Morgan fingerprint density at radius 3 is 2.71 bits per heavy atom. The van der Waals surface area contributed by atoms with E-state index in [4.69, 9.17) is 19.8 Å². The average Bonchev–Trinajstić information content (AvgIpc) is 3.44. The number of nitrogens with zero attached hydrogens (tertiary/aromatic N) is 7. The van der Waals surface area contributed by atoms with Gasteiger partial charge in [-0.1, -0.05) is 0 Å². The first-order valence-electron chi connectivity index (χ1n) is 13.2. The van der Waals surface area contributed by atoms with Crippen molar-refractivity contribution >= 4 is 16.9 Å². The zero-order valence-electron chi connectivity index (χ0n) is 22.0. The van der Waals surface area contributed by atoms with Crippen LogP contribution in [0.1, 0.15) is 43.0 Å². The van der Waals surface area contributed by atoms with Gasteiger partial charge in [-0.3, -0.25) is 9.25 Å². The van der Waals surface area contributed by atoms with Crippen LogP contribution in [-0.2, 0) is 11.3 Å². The van der Waals surface area contributed by atoms with E-state index in [0.717, 1.165) is 54.4 Å². The first-order valence-corrected chi connectivity index (χ1v) is 13.2. The molecule has 1 aromatic carbocycles. The summed E-state index contributed by atoms with van der Waals surface area (Å²) in [4.78, 5) is 16.7. The summed E-state index contributed by atoms with van der Waals surface area (Å²) in [5.74, 6) is 1.10. The normalized spacial score (nSPS) is 19.0. The van der Waals surface area contributed by atoms with Crippen LogP contribution in [0.25, 0.3) is 28.2 Å².